The van der Waals surface area contributed by atoms with Crippen molar-refractivity contribution in [3.63, 3.8) is 0 Å². The van der Waals surface area contributed by atoms with Gasteiger partial charge in [-0.05, 0) is 109 Å². The molecule has 70 heavy (non-hydrogen) atoms. The third kappa shape index (κ3) is 8.07. The molecule has 4 heteroatoms. The lowest BCUT2D eigenvalue weighted by atomic mass is 9.66. The summed E-state index contributed by atoms with van der Waals surface area (Å²) in [6.45, 7) is 0.103. The number of hydrogen-bond donors (Lipinski definition) is 2. The van der Waals surface area contributed by atoms with E-state index < -0.39 is 5.41 Å². The van der Waals surface area contributed by atoms with Crippen LogP contribution < -0.4 is 9.47 Å². The molecule has 0 heterocycles. The number of hydrogen-bond acceptors (Lipinski definition) is 4. The summed E-state index contributed by atoms with van der Waals surface area (Å²) in [5.74, 6) is 1.45. The van der Waals surface area contributed by atoms with Crippen molar-refractivity contribution in [1.29, 1.82) is 0 Å². The van der Waals surface area contributed by atoms with Crippen molar-refractivity contribution < 1.29 is 19.7 Å². The Kier molecular flexibility index (Phi) is 12.5. The summed E-state index contributed by atoms with van der Waals surface area (Å²) in [5, 5.41) is 20.1. The number of aliphatic hydroxyl groups excluding tert-OH is 2. The van der Waals surface area contributed by atoms with Gasteiger partial charge < -0.3 is 19.7 Å². The highest BCUT2D eigenvalue weighted by Gasteiger charge is 2.47. The lowest BCUT2D eigenvalue weighted by Gasteiger charge is -2.36. The molecule has 340 valence electrons. The molecule has 12 rings (SSSR count). The summed E-state index contributed by atoms with van der Waals surface area (Å²) >= 11 is 0. The zero-order valence-electron chi connectivity index (χ0n) is 38.8. The van der Waals surface area contributed by atoms with Crippen LogP contribution in [0.15, 0.2) is 243 Å². The maximum Gasteiger partial charge on any atom is 0.135 e. The van der Waals surface area contributed by atoms with Gasteiger partial charge in [0.1, 0.15) is 24.7 Å². The minimum atomic E-state index is -0.807. The van der Waals surface area contributed by atoms with E-state index in [9.17, 15) is 10.2 Å². The highest BCUT2D eigenvalue weighted by atomic mass is 16.5. The van der Waals surface area contributed by atoms with Crippen LogP contribution >= 0.6 is 0 Å². The predicted octanol–water partition coefficient (Wildman–Crippen LogP) is 14.7. The number of benzene rings is 10. The van der Waals surface area contributed by atoms with Crippen molar-refractivity contribution in [2.75, 3.05) is 26.4 Å². The first kappa shape index (κ1) is 44.2. The van der Waals surface area contributed by atoms with E-state index in [1.54, 1.807) is 0 Å². The maximum absolute atomic E-state index is 10.1. The van der Waals surface area contributed by atoms with Crippen molar-refractivity contribution in [3.8, 4) is 78.3 Å². The fourth-order valence-electron chi connectivity index (χ4n) is 10.7. The standard InChI is InChI=1S/C53H42O4.C13H10/c54-29-31-56-51-45(37-17-5-1-6-18-37)33-41(34-46(51)38-19-7-2-8-20-38)53(49-27-15-13-25-43(49)44-26-14-16-28-50(44)53)42-35-47(39-21-9-3-10-22-39)52(57-32-30-55)48(36-42)40-23-11-4-12-24-40;1-3-7-12-10(5-1)9-11-6-2-4-8-13(11)12/h1-28,33-36,54-55H,29-32H2;1-8H,9H2. The number of ether oxygens (including phenoxy) is 2. The molecule has 10 aromatic carbocycles. The Morgan fingerprint density at radius 2 is 0.600 bits per heavy atom. The third-order valence-electron chi connectivity index (χ3n) is 13.7. The summed E-state index contributed by atoms with van der Waals surface area (Å²) in [6.07, 6.45) is 1.10. The normalized spacial score (nSPS) is 12.4. The second-order valence-corrected chi connectivity index (χ2v) is 17.7. The monoisotopic (exact) mass is 908 g/mol. The second kappa shape index (κ2) is 19.7. The van der Waals surface area contributed by atoms with Crippen LogP contribution in [0.2, 0.25) is 0 Å². The van der Waals surface area contributed by atoms with Crippen LogP contribution in [0, 0.1) is 0 Å². The van der Waals surface area contributed by atoms with Crippen molar-refractivity contribution >= 4 is 0 Å². The molecule has 0 aliphatic heterocycles. The molecule has 0 saturated carbocycles. The van der Waals surface area contributed by atoms with Gasteiger partial charge in [0.05, 0.1) is 18.6 Å². The lowest BCUT2D eigenvalue weighted by molar-refractivity contribution is 0.202. The largest absolute Gasteiger partial charge is 0.490 e. The van der Waals surface area contributed by atoms with Gasteiger partial charge in [-0.25, -0.2) is 0 Å². The molecule has 2 aliphatic carbocycles. The average molecular weight is 909 g/mol. The van der Waals surface area contributed by atoms with E-state index in [1.165, 1.54) is 44.5 Å². The molecule has 4 nitrogen and oxygen atoms in total. The molecule has 10 aromatic rings. The summed E-state index contributed by atoms with van der Waals surface area (Å²) in [4.78, 5) is 0. The molecule has 2 aliphatic rings. The molecule has 0 spiro atoms. The van der Waals surface area contributed by atoms with Crippen LogP contribution in [-0.4, -0.2) is 36.6 Å². The minimum absolute atomic E-state index is 0.107. The Balaban J connectivity index is 0.000000351. The molecule has 0 saturated heterocycles. The smallest absolute Gasteiger partial charge is 0.135 e. The van der Waals surface area contributed by atoms with Gasteiger partial charge in [0.15, 0.2) is 0 Å². The van der Waals surface area contributed by atoms with Gasteiger partial charge in [0, 0.05) is 22.3 Å². The van der Waals surface area contributed by atoms with Gasteiger partial charge in [0.25, 0.3) is 0 Å². The number of fused-ring (bicyclic) bond motifs is 6. The van der Waals surface area contributed by atoms with E-state index in [-0.39, 0.29) is 26.4 Å². The van der Waals surface area contributed by atoms with Crippen LogP contribution in [0.1, 0.15) is 33.4 Å². The first-order chi connectivity index (χ1) is 34.7. The molecule has 0 amide bonds. The fourth-order valence-corrected chi connectivity index (χ4v) is 10.7. The predicted molar refractivity (Wildman–Crippen MR) is 285 cm³/mol. The third-order valence-corrected chi connectivity index (χ3v) is 13.7. The summed E-state index contributed by atoms with van der Waals surface area (Å²) < 4.78 is 13.1. The Bertz CT molecular complexity index is 3070. The maximum atomic E-state index is 10.1. The van der Waals surface area contributed by atoms with Gasteiger partial charge in [-0.2, -0.15) is 0 Å². The topological polar surface area (TPSA) is 58.9 Å². The van der Waals surface area contributed by atoms with E-state index in [4.69, 9.17) is 9.47 Å². The first-order valence-electron chi connectivity index (χ1n) is 24.1. The lowest BCUT2D eigenvalue weighted by Crippen LogP contribution is -2.29. The Morgan fingerprint density at radius 1 is 0.314 bits per heavy atom. The van der Waals surface area contributed by atoms with E-state index >= 15 is 0 Å². The molecule has 0 radical (unpaired) electrons. The molecule has 0 fully saturated rings. The van der Waals surface area contributed by atoms with E-state index in [0.29, 0.717) is 0 Å². The van der Waals surface area contributed by atoms with Gasteiger partial charge in [-0.15, -0.1) is 0 Å². The van der Waals surface area contributed by atoms with Crippen LogP contribution in [0.4, 0.5) is 0 Å². The Labute approximate surface area is 410 Å². The van der Waals surface area contributed by atoms with Gasteiger partial charge >= 0.3 is 0 Å². The van der Waals surface area contributed by atoms with E-state index in [2.05, 4.69) is 218 Å². The summed E-state index contributed by atoms with van der Waals surface area (Å²) in [7, 11) is 0. The van der Waals surface area contributed by atoms with Crippen LogP contribution in [0.5, 0.6) is 11.5 Å². The average Bonchev–Trinajstić information content (AvgIpc) is 3.97. The molecular formula is C66H52O4. The molecular weight excluding hydrogens is 857 g/mol. The second-order valence-electron chi connectivity index (χ2n) is 17.7. The summed E-state index contributed by atoms with van der Waals surface area (Å²) in [6, 6.07) is 85.6. The molecule has 0 aromatic heterocycles. The van der Waals surface area contributed by atoms with Crippen molar-refractivity contribution in [2.45, 2.75) is 11.8 Å². The highest BCUT2D eigenvalue weighted by molar-refractivity contribution is 5.92. The quantitative estimate of drug-likeness (QED) is 0.128. The van der Waals surface area contributed by atoms with E-state index in [1.807, 2.05) is 24.3 Å². The Morgan fingerprint density at radius 3 is 0.929 bits per heavy atom. The van der Waals surface area contributed by atoms with Crippen molar-refractivity contribution in [2.24, 2.45) is 0 Å². The highest BCUT2D eigenvalue weighted by Crippen LogP contribution is 2.59. The fraction of sp³-hybridized carbons (Fsp3) is 0.0909. The van der Waals surface area contributed by atoms with Crippen LogP contribution in [-0.2, 0) is 11.8 Å². The van der Waals surface area contributed by atoms with Gasteiger partial charge in [-0.3, -0.25) is 0 Å². The Hall–Kier alpha value is -8.28. The first-order valence-corrected chi connectivity index (χ1v) is 24.1. The zero-order chi connectivity index (χ0) is 47.3. The molecule has 0 unspecified atom stereocenters. The minimum Gasteiger partial charge on any atom is -0.490 e. The molecule has 0 bridgehead atoms. The number of aliphatic hydroxyl groups is 2. The molecule has 0 atom stereocenters. The van der Waals surface area contributed by atoms with E-state index in [0.717, 1.165) is 73.6 Å². The SMILES string of the molecule is OCCOc1c(-c2ccccc2)cc(C2(c3cc(-c4ccccc4)c(OCCO)c(-c4ccccc4)c3)c3ccccc3-c3ccccc32)cc1-c1ccccc1.c1ccc2c(c1)Cc1ccccc1-2. The van der Waals surface area contributed by atoms with Crippen molar-refractivity contribution in [1.82, 2.24) is 0 Å². The zero-order valence-corrected chi connectivity index (χ0v) is 38.8. The van der Waals surface area contributed by atoms with Crippen LogP contribution in [0.3, 0.4) is 0 Å². The molecule has 2 N–H and O–H groups in total. The number of rotatable bonds is 12. The summed E-state index contributed by atoms with van der Waals surface area (Å²) in [5.41, 5.74) is 19.6. The van der Waals surface area contributed by atoms with Crippen molar-refractivity contribution in [3.05, 3.63) is 276 Å². The van der Waals surface area contributed by atoms with Gasteiger partial charge in [0.2, 0.25) is 0 Å². The van der Waals surface area contributed by atoms with Crippen LogP contribution in [0.25, 0.3) is 66.8 Å². The van der Waals surface area contributed by atoms with Gasteiger partial charge in [-0.1, -0.05) is 218 Å².